The van der Waals surface area contributed by atoms with Crippen molar-refractivity contribution in [3.05, 3.63) is 24.5 Å². The van der Waals surface area contributed by atoms with Crippen LogP contribution in [0.2, 0.25) is 20.5 Å². The molecule has 1 aromatic rings. The summed E-state index contributed by atoms with van der Waals surface area (Å²) in [5, 5.41) is 0. The van der Waals surface area contributed by atoms with E-state index < -0.39 is 0 Å². The molecule has 0 radical (unpaired) electrons. The first-order valence-corrected chi connectivity index (χ1v) is 3.78. The van der Waals surface area contributed by atoms with Gasteiger partial charge in [0.15, 0.2) is 0 Å². The molecular formula is C8H13BLiN. The molecule has 1 nitrogen and oxygen atoms in total. The Morgan fingerprint density at radius 1 is 1.09 bits per heavy atom. The van der Waals surface area contributed by atoms with Crippen molar-refractivity contribution in [3.8, 4) is 0 Å². The predicted molar refractivity (Wildman–Crippen MR) is 47.2 cm³/mol. The van der Waals surface area contributed by atoms with Crippen LogP contribution in [0.5, 0.6) is 0 Å². The van der Waals surface area contributed by atoms with Gasteiger partial charge in [-0.05, 0) is 0 Å². The third kappa shape index (κ3) is 3.14. The molecule has 0 N–H and O–H groups in total. The molecule has 0 fully saturated rings. The summed E-state index contributed by atoms with van der Waals surface area (Å²) >= 11 is 0. The van der Waals surface area contributed by atoms with Crippen LogP contribution in [0.3, 0.4) is 0 Å². The molecule has 0 aliphatic carbocycles. The first-order chi connectivity index (χ1) is 4.61. The van der Waals surface area contributed by atoms with Crippen molar-refractivity contribution in [1.82, 2.24) is 4.98 Å². The minimum absolute atomic E-state index is 0. The third-order valence-electron chi connectivity index (χ3n) is 1.71. The Kier molecular flexibility index (Phi) is 3.93. The largest absolute Gasteiger partial charge is 1.00 e. The van der Waals surface area contributed by atoms with Crippen LogP contribution in [0.4, 0.5) is 0 Å². The molecule has 0 saturated carbocycles. The molecule has 0 aliphatic rings. The van der Waals surface area contributed by atoms with Gasteiger partial charge < -0.3 is 0 Å². The van der Waals surface area contributed by atoms with E-state index in [4.69, 9.17) is 0 Å². The van der Waals surface area contributed by atoms with Crippen molar-refractivity contribution in [3.63, 3.8) is 0 Å². The fraction of sp³-hybridized carbons (Fsp3) is 0.375. The maximum atomic E-state index is 3.97. The van der Waals surface area contributed by atoms with E-state index in [0.29, 0.717) is 0 Å². The van der Waals surface area contributed by atoms with Gasteiger partial charge in [-0.1, -0.05) is 12.1 Å². The first kappa shape index (κ1) is 10.8. The summed E-state index contributed by atoms with van der Waals surface area (Å²) in [6, 6.07) is 4.17. The van der Waals surface area contributed by atoms with E-state index >= 15 is 0 Å². The van der Waals surface area contributed by atoms with Gasteiger partial charge in [0.05, 0.1) is 0 Å². The number of aromatic nitrogens is 1. The summed E-state index contributed by atoms with van der Waals surface area (Å²) in [5.74, 6) is 0. The average Bonchev–Trinajstić information content (AvgIpc) is 1.88. The molecule has 11 heavy (non-hydrogen) atoms. The number of hydrogen-bond acceptors (Lipinski definition) is 1. The average molecular weight is 141 g/mol. The van der Waals surface area contributed by atoms with Gasteiger partial charge in [-0.3, -0.25) is 4.98 Å². The molecule has 0 aliphatic heterocycles. The monoisotopic (exact) mass is 141 g/mol. The van der Waals surface area contributed by atoms with Crippen molar-refractivity contribution in [1.29, 1.82) is 0 Å². The fourth-order valence-electron chi connectivity index (χ4n) is 0.941. The van der Waals surface area contributed by atoms with Crippen molar-refractivity contribution >= 4 is 11.6 Å². The van der Waals surface area contributed by atoms with Crippen LogP contribution in [0.15, 0.2) is 24.5 Å². The number of hydrogen-bond donors (Lipinski definition) is 0. The Balaban J connectivity index is 0.000001000. The molecule has 0 bridgehead atoms. The molecule has 0 unspecified atom stereocenters. The minimum atomic E-state index is -0.344. The molecule has 0 amide bonds. The van der Waals surface area contributed by atoms with Crippen molar-refractivity contribution < 1.29 is 18.9 Å². The van der Waals surface area contributed by atoms with Crippen molar-refractivity contribution in [2.75, 3.05) is 0 Å². The summed E-state index contributed by atoms with van der Waals surface area (Å²) in [6.07, 6.45) is 3.36. The summed E-state index contributed by atoms with van der Waals surface area (Å²) in [5.41, 5.74) is 1.40. The zero-order valence-electron chi connectivity index (χ0n) is 7.83. The topological polar surface area (TPSA) is 12.9 Å². The van der Waals surface area contributed by atoms with E-state index in [9.17, 15) is 0 Å². The van der Waals surface area contributed by atoms with Gasteiger partial charge in [-0.2, -0.15) is 20.5 Å². The molecule has 0 spiro atoms. The Labute approximate surface area is 80.7 Å². The van der Waals surface area contributed by atoms with Crippen LogP contribution in [-0.2, 0) is 0 Å². The zero-order valence-corrected chi connectivity index (χ0v) is 7.83. The summed E-state index contributed by atoms with van der Waals surface area (Å²) in [4.78, 5) is 3.97. The molecule has 3 heteroatoms. The third-order valence-corrected chi connectivity index (χ3v) is 1.71. The summed E-state index contributed by atoms with van der Waals surface area (Å²) in [6.45, 7) is 6.78. The van der Waals surface area contributed by atoms with Gasteiger partial charge in [0.2, 0.25) is 0 Å². The standard InChI is InChI=1S/C8H13BN.Li/c1-9(2,3)8-4-6-10-7-5-8;/h4-7H,1-3H3;/q-1;+1. The summed E-state index contributed by atoms with van der Waals surface area (Å²) in [7, 11) is 0. The van der Waals surface area contributed by atoms with Crippen LogP contribution in [-0.4, -0.2) is 11.1 Å². The SMILES string of the molecule is C[B-](C)(C)c1ccncc1.[Li+]. The Morgan fingerprint density at radius 2 is 1.55 bits per heavy atom. The van der Waals surface area contributed by atoms with Gasteiger partial charge in [0.25, 0.3) is 0 Å². The Bertz CT molecular complexity index is 205. The van der Waals surface area contributed by atoms with E-state index in [-0.39, 0.29) is 25.0 Å². The van der Waals surface area contributed by atoms with Gasteiger partial charge in [0.1, 0.15) is 0 Å². The molecule has 0 atom stereocenters. The van der Waals surface area contributed by atoms with E-state index in [0.717, 1.165) is 0 Å². The molecule has 0 aromatic carbocycles. The van der Waals surface area contributed by atoms with Crippen LogP contribution in [0, 0.1) is 0 Å². The predicted octanol–water partition coefficient (Wildman–Crippen LogP) is -1.37. The fourth-order valence-corrected chi connectivity index (χ4v) is 0.941. The molecule has 1 aromatic heterocycles. The Hall–Kier alpha value is -0.188. The molecule has 1 rings (SSSR count). The van der Waals surface area contributed by atoms with Gasteiger partial charge >= 0.3 is 18.9 Å². The minimum Gasteiger partial charge on any atom is -0.265 e. The number of nitrogens with zero attached hydrogens (tertiary/aromatic N) is 1. The smallest absolute Gasteiger partial charge is 0.265 e. The number of rotatable bonds is 1. The van der Waals surface area contributed by atoms with E-state index in [2.05, 4.69) is 37.6 Å². The van der Waals surface area contributed by atoms with Gasteiger partial charge in [-0.25, -0.2) is 5.46 Å². The molecule has 0 saturated heterocycles. The zero-order chi connectivity index (χ0) is 7.61. The van der Waals surface area contributed by atoms with Crippen molar-refractivity contribution in [2.24, 2.45) is 0 Å². The van der Waals surface area contributed by atoms with Gasteiger partial charge in [0, 0.05) is 18.5 Å². The summed E-state index contributed by atoms with van der Waals surface area (Å²) < 4.78 is 0. The van der Waals surface area contributed by atoms with E-state index in [1.807, 2.05) is 12.4 Å². The van der Waals surface area contributed by atoms with Crippen LogP contribution in [0.25, 0.3) is 0 Å². The van der Waals surface area contributed by atoms with Crippen LogP contribution in [0.1, 0.15) is 0 Å². The van der Waals surface area contributed by atoms with Crippen molar-refractivity contribution in [2.45, 2.75) is 20.5 Å². The second-order valence-electron chi connectivity index (χ2n) is 3.88. The normalized spacial score (nSPS) is 10.5. The molecule has 1 heterocycles. The van der Waals surface area contributed by atoms with Crippen LogP contribution < -0.4 is 24.3 Å². The Morgan fingerprint density at radius 3 is 1.82 bits per heavy atom. The van der Waals surface area contributed by atoms with E-state index in [1.165, 1.54) is 5.46 Å². The van der Waals surface area contributed by atoms with Gasteiger partial charge in [-0.15, -0.1) is 0 Å². The first-order valence-electron chi connectivity index (χ1n) is 3.78. The van der Waals surface area contributed by atoms with E-state index in [1.54, 1.807) is 0 Å². The second-order valence-corrected chi connectivity index (χ2v) is 3.88. The maximum absolute atomic E-state index is 3.97. The maximum Gasteiger partial charge on any atom is 1.00 e. The number of pyridine rings is 1. The second kappa shape index (κ2) is 3.99. The quantitative estimate of drug-likeness (QED) is 0.439. The molecular weight excluding hydrogens is 128 g/mol. The molecule has 54 valence electrons. The van der Waals surface area contributed by atoms with Crippen LogP contribution >= 0.6 is 0 Å².